The molecule has 1 saturated heterocycles. The van der Waals surface area contributed by atoms with Crippen LogP contribution in [0, 0.1) is 0 Å². The molecule has 3 rings (SSSR count). The molecule has 2 heterocycles. The molecule has 2 fully saturated rings. The highest BCUT2D eigenvalue weighted by Gasteiger charge is 2.34. The molecule has 0 bridgehead atoms. The highest BCUT2D eigenvalue weighted by Crippen LogP contribution is 2.39. The van der Waals surface area contributed by atoms with Gasteiger partial charge >= 0.3 is 0 Å². The van der Waals surface area contributed by atoms with E-state index in [9.17, 15) is 8.42 Å². The molecule has 0 spiro atoms. The number of hydrogen-bond acceptors (Lipinski definition) is 5. The topological polar surface area (TPSA) is 75.2 Å². The minimum atomic E-state index is -3.23. The first-order chi connectivity index (χ1) is 9.49. The smallest absolute Gasteiger partial charge is 0.216 e. The first kappa shape index (κ1) is 14.0. The number of halogens is 1. The standard InChI is InChI=1S/C12H17ClN4O2S/c1-14-20(18,19)9-4-5-17(7-9)11-6-10(13)15-12(16-11)8-2-3-8/h6,8-9,14H,2-5,7H2,1H3. The van der Waals surface area contributed by atoms with Crippen LogP contribution < -0.4 is 9.62 Å². The van der Waals surface area contributed by atoms with Crippen molar-refractivity contribution in [2.75, 3.05) is 25.0 Å². The Morgan fingerprint density at radius 1 is 1.35 bits per heavy atom. The van der Waals surface area contributed by atoms with E-state index in [-0.39, 0.29) is 0 Å². The molecular weight excluding hydrogens is 300 g/mol. The molecule has 6 nitrogen and oxygen atoms in total. The third-order valence-corrected chi connectivity index (χ3v) is 5.86. The average Bonchev–Trinajstić information content (AvgIpc) is 3.14. The summed E-state index contributed by atoms with van der Waals surface area (Å²) in [7, 11) is -1.78. The van der Waals surface area contributed by atoms with Gasteiger partial charge in [-0.3, -0.25) is 0 Å². The van der Waals surface area contributed by atoms with Crippen LogP contribution in [0.5, 0.6) is 0 Å². The van der Waals surface area contributed by atoms with Crippen molar-refractivity contribution >= 4 is 27.4 Å². The molecule has 1 atom stereocenters. The fourth-order valence-corrected chi connectivity index (χ4v) is 3.77. The Bertz CT molecular complexity index is 618. The second-order valence-corrected chi connectivity index (χ2v) is 7.84. The molecule has 0 radical (unpaired) electrons. The third-order valence-electron chi connectivity index (χ3n) is 3.83. The van der Waals surface area contributed by atoms with E-state index in [1.165, 1.54) is 7.05 Å². The first-order valence-electron chi connectivity index (χ1n) is 6.71. The van der Waals surface area contributed by atoms with Crippen LogP contribution in [0.15, 0.2) is 6.07 Å². The molecule has 1 aromatic rings. The van der Waals surface area contributed by atoms with E-state index in [4.69, 9.17) is 11.6 Å². The Morgan fingerprint density at radius 3 is 2.75 bits per heavy atom. The van der Waals surface area contributed by atoms with Crippen molar-refractivity contribution in [2.24, 2.45) is 0 Å². The van der Waals surface area contributed by atoms with Gasteiger partial charge in [0.2, 0.25) is 10.0 Å². The van der Waals surface area contributed by atoms with E-state index >= 15 is 0 Å². The lowest BCUT2D eigenvalue weighted by Gasteiger charge is -2.18. The highest BCUT2D eigenvalue weighted by atomic mass is 35.5. The second-order valence-electron chi connectivity index (χ2n) is 5.29. The lowest BCUT2D eigenvalue weighted by Crippen LogP contribution is -2.34. The Labute approximate surface area is 123 Å². The van der Waals surface area contributed by atoms with Gasteiger partial charge < -0.3 is 4.90 Å². The Morgan fingerprint density at radius 2 is 2.10 bits per heavy atom. The molecule has 1 N–H and O–H groups in total. The van der Waals surface area contributed by atoms with Crippen LogP contribution in [0.4, 0.5) is 5.82 Å². The summed E-state index contributed by atoms with van der Waals surface area (Å²) in [6, 6.07) is 1.71. The minimum absolute atomic E-state index is 0.398. The van der Waals surface area contributed by atoms with E-state index in [2.05, 4.69) is 14.7 Å². The van der Waals surface area contributed by atoms with Crippen LogP contribution in [0.1, 0.15) is 31.0 Å². The van der Waals surface area contributed by atoms with Gasteiger partial charge in [-0.2, -0.15) is 0 Å². The lowest BCUT2D eigenvalue weighted by molar-refractivity contribution is 0.575. The Kier molecular flexibility index (Phi) is 3.60. The second kappa shape index (κ2) is 5.13. The van der Waals surface area contributed by atoms with E-state index < -0.39 is 15.3 Å². The summed E-state index contributed by atoms with van der Waals surface area (Å²) in [4.78, 5) is 10.8. The summed E-state index contributed by atoms with van der Waals surface area (Å²) < 4.78 is 26.1. The van der Waals surface area contributed by atoms with Gasteiger partial charge in [-0.05, 0) is 26.3 Å². The van der Waals surface area contributed by atoms with Crippen LogP contribution in [-0.4, -0.2) is 43.8 Å². The largest absolute Gasteiger partial charge is 0.355 e. The van der Waals surface area contributed by atoms with Gasteiger partial charge in [0.15, 0.2) is 0 Å². The number of aromatic nitrogens is 2. The molecular formula is C12H17ClN4O2S. The molecule has 0 aromatic carbocycles. The molecule has 0 amide bonds. The van der Waals surface area contributed by atoms with Gasteiger partial charge in [0.25, 0.3) is 0 Å². The SMILES string of the molecule is CNS(=O)(=O)C1CCN(c2cc(Cl)nc(C3CC3)n2)C1. The van der Waals surface area contributed by atoms with Gasteiger partial charge in [0, 0.05) is 25.1 Å². The molecule has 20 heavy (non-hydrogen) atoms. The van der Waals surface area contributed by atoms with Crippen molar-refractivity contribution in [3.63, 3.8) is 0 Å². The van der Waals surface area contributed by atoms with Gasteiger partial charge in [-0.25, -0.2) is 23.1 Å². The van der Waals surface area contributed by atoms with E-state index in [1.54, 1.807) is 6.07 Å². The van der Waals surface area contributed by atoms with Crippen molar-refractivity contribution in [2.45, 2.75) is 30.4 Å². The molecule has 1 aromatic heterocycles. The predicted octanol–water partition coefficient (Wildman–Crippen LogP) is 1.14. The molecule has 1 saturated carbocycles. The number of nitrogens with one attached hydrogen (secondary N) is 1. The summed E-state index contributed by atoms with van der Waals surface area (Å²) in [6.07, 6.45) is 2.82. The fourth-order valence-electron chi connectivity index (χ4n) is 2.47. The zero-order valence-corrected chi connectivity index (χ0v) is 12.8. The van der Waals surface area contributed by atoms with Crippen molar-refractivity contribution in [1.82, 2.24) is 14.7 Å². The van der Waals surface area contributed by atoms with E-state index in [0.717, 1.165) is 24.5 Å². The predicted molar refractivity (Wildman–Crippen MR) is 77.6 cm³/mol. The fraction of sp³-hybridized carbons (Fsp3) is 0.667. The van der Waals surface area contributed by atoms with Crippen molar-refractivity contribution < 1.29 is 8.42 Å². The summed E-state index contributed by atoms with van der Waals surface area (Å²) >= 11 is 6.05. The zero-order valence-electron chi connectivity index (χ0n) is 11.2. The van der Waals surface area contributed by atoms with Gasteiger partial charge in [-0.15, -0.1) is 0 Å². The summed E-state index contributed by atoms with van der Waals surface area (Å²) in [5.41, 5.74) is 0. The van der Waals surface area contributed by atoms with Gasteiger partial charge in [0.1, 0.15) is 16.8 Å². The minimum Gasteiger partial charge on any atom is -0.355 e. The van der Waals surface area contributed by atoms with Gasteiger partial charge in [0.05, 0.1) is 5.25 Å². The van der Waals surface area contributed by atoms with Crippen LogP contribution in [-0.2, 0) is 10.0 Å². The Balaban J connectivity index is 1.81. The number of rotatable bonds is 4. The van der Waals surface area contributed by atoms with E-state index in [1.807, 2.05) is 4.90 Å². The maximum absolute atomic E-state index is 11.8. The summed E-state index contributed by atoms with van der Waals surface area (Å²) in [5.74, 6) is 1.94. The molecule has 1 unspecified atom stereocenters. The molecule has 110 valence electrons. The molecule has 1 aliphatic carbocycles. The Hall–Kier alpha value is -0.920. The average molecular weight is 317 g/mol. The number of hydrogen-bond donors (Lipinski definition) is 1. The molecule has 1 aliphatic heterocycles. The number of nitrogens with zero attached hydrogens (tertiary/aromatic N) is 3. The summed E-state index contributed by atoms with van der Waals surface area (Å²) in [6.45, 7) is 1.11. The highest BCUT2D eigenvalue weighted by molar-refractivity contribution is 7.90. The van der Waals surface area contributed by atoms with Crippen molar-refractivity contribution in [1.29, 1.82) is 0 Å². The van der Waals surface area contributed by atoms with Crippen LogP contribution >= 0.6 is 11.6 Å². The maximum atomic E-state index is 11.8. The molecule has 2 aliphatic rings. The molecule has 8 heteroatoms. The van der Waals surface area contributed by atoms with Crippen molar-refractivity contribution in [3.05, 3.63) is 17.0 Å². The summed E-state index contributed by atoms with van der Waals surface area (Å²) in [5, 5.41) is 0.0300. The third kappa shape index (κ3) is 2.75. The van der Waals surface area contributed by atoms with Gasteiger partial charge in [-0.1, -0.05) is 11.6 Å². The van der Waals surface area contributed by atoms with E-state index in [0.29, 0.717) is 30.6 Å². The maximum Gasteiger partial charge on any atom is 0.216 e. The van der Waals surface area contributed by atoms with Crippen LogP contribution in [0.25, 0.3) is 0 Å². The number of sulfonamides is 1. The number of anilines is 1. The van der Waals surface area contributed by atoms with Crippen LogP contribution in [0.2, 0.25) is 5.15 Å². The first-order valence-corrected chi connectivity index (χ1v) is 8.64. The zero-order chi connectivity index (χ0) is 14.3. The monoisotopic (exact) mass is 316 g/mol. The quantitative estimate of drug-likeness (QED) is 0.843. The normalized spacial score (nSPS) is 23.3. The van der Waals surface area contributed by atoms with Crippen LogP contribution in [0.3, 0.4) is 0 Å². The van der Waals surface area contributed by atoms with Crippen molar-refractivity contribution in [3.8, 4) is 0 Å². The lowest BCUT2D eigenvalue weighted by atomic mass is 10.4.